The number of nitrogens with one attached hydrogen (secondary N) is 1. The van der Waals surface area contributed by atoms with E-state index in [4.69, 9.17) is 4.42 Å². The molecule has 130 valence electrons. The summed E-state index contributed by atoms with van der Waals surface area (Å²) in [5, 5.41) is 16.3. The van der Waals surface area contributed by atoms with E-state index in [1.807, 2.05) is 32.0 Å². The molecule has 0 bridgehead atoms. The number of carbonyl (C=O) groups excluding carboxylic acids is 1. The van der Waals surface area contributed by atoms with Crippen LogP contribution in [0.4, 0.5) is 5.69 Å². The topological polar surface area (TPSA) is 85.3 Å². The summed E-state index contributed by atoms with van der Waals surface area (Å²) >= 11 is 1.48. The van der Waals surface area contributed by atoms with Gasteiger partial charge in [0.2, 0.25) is 10.9 Å². The van der Waals surface area contributed by atoms with Crippen LogP contribution in [0.2, 0.25) is 0 Å². The second kappa shape index (κ2) is 6.57. The molecule has 0 unspecified atom stereocenters. The van der Waals surface area contributed by atoms with Crippen molar-refractivity contribution in [3.8, 4) is 10.6 Å². The summed E-state index contributed by atoms with van der Waals surface area (Å²) < 4.78 is 6.89. The van der Waals surface area contributed by atoms with Crippen LogP contribution < -0.4 is 5.32 Å². The van der Waals surface area contributed by atoms with Crippen molar-refractivity contribution in [3.63, 3.8) is 0 Å². The first-order chi connectivity index (χ1) is 12.6. The fourth-order valence-electron chi connectivity index (χ4n) is 2.49. The molecule has 0 saturated heterocycles. The Labute approximate surface area is 153 Å². The van der Waals surface area contributed by atoms with E-state index < -0.39 is 0 Å². The Balaban J connectivity index is 1.53. The second-order valence-corrected chi connectivity index (χ2v) is 6.67. The number of hydrogen-bond acceptors (Lipinski definition) is 6. The molecule has 8 heteroatoms. The van der Waals surface area contributed by atoms with Crippen molar-refractivity contribution in [3.05, 3.63) is 59.8 Å². The van der Waals surface area contributed by atoms with E-state index in [1.165, 1.54) is 17.4 Å². The Kier molecular flexibility index (Phi) is 4.10. The Bertz CT molecular complexity index is 1110. The van der Waals surface area contributed by atoms with Crippen LogP contribution in [-0.4, -0.2) is 25.7 Å². The van der Waals surface area contributed by atoms with E-state index in [2.05, 4.69) is 20.6 Å². The van der Waals surface area contributed by atoms with Crippen LogP contribution in [0.3, 0.4) is 0 Å². The van der Waals surface area contributed by atoms with Gasteiger partial charge in [-0.1, -0.05) is 11.3 Å². The molecule has 3 aromatic heterocycles. The number of aromatic nitrogens is 4. The lowest BCUT2D eigenvalue weighted by Gasteiger charge is -2.07. The summed E-state index contributed by atoms with van der Waals surface area (Å²) in [4.78, 5) is 12.8. The minimum Gasteiger partial charge on any atom is -0.465 e. The Morgan fingerprint density at radius 2 is 2.15 bits per heavy atom. The zero-order valence-corrected chi connectivity index (χ0v) is 14.9. The van der Waals surface area contributed by atoms with Gasteiger partial charge in [-0.15, -0.1) is 10.2 Å². The fourth-order valence-corrected chi connectivity index (χ4v) is 3.37. The zero-order chi connectivity index (χ0) is 18.1. The third-order valence-corrected chi connectivity index (χ3v) is 4.77. The number of furan rings is 1. The molecule has 0 spiro atoms. The number of amides is 1. The second-order valence-electron chi connectivity index (χ2n) is 5.72. The van der Waals surface area contributed by atoms with E-state index in [0.717, 1.165) is 32.6 Å². The molecular weight excluding hydrogens is 350 g/mol. The summed E-state index contributed by atoms with van der Waals surface area (Å²) in [5.74, 6) is 1.17. The van der Waals surface area contributed by atoms with Crippen molar-refractivity contribution in [2.75, 3.05) is 5.32 Å². The molecule has 0 saturated carbocycles. The van der Waals surface area contributed by atoms with E-state index >= 15 is 0 Å². The number of aryl methyl sites for hydroxylation is 2. The first-order valence-corrected chi connectivity index (χ1v) is 8.74. The lowest BCUT2D eigenvalue weighted by atomic mass is 10.1. The van der Waals surface area contributed by atoms with Crippen molar-refractivity contribution >= 4 is 34.0 Å². The number of benzene rings is 1. The highest BCUT2D eigenvalue weighted by molar-refractivity contribution is 7.19. The van der Waals surface area contributed by atoms with E-state index in [1.54, 1.807) is 29.0 Å². The molecule has 0 atom stereocenters. The van der Waals surface area contributed by atoms with E-state index in [9.17, 15) is 4.79 Å². The van der Waals surface area contributed by atoms with Gasteiger partial charge in [-0.25, -0.2) is 0 Å². The van der Waals surface area contributed by atoms with Crippen molar-refractivity contribution in [1.29, 1.82) is 0 Å². The van der Waals surface area contributed by atoms with Gasteiger partial charge in [-0.05, 0) is 55.8 Å². The SMILES string of the molecule is Cc1cc(-c2nn3c(C)nnc3s2)ccc1NC(=O)C=Cc1ccco1. The average molecular weight is 365 g/mol. The minimum absolute atomic E-state index is 0.216. The first kappa shape index (κ1) is 16.2. The summed E-state index contributed by atoms with van der Waals surface area (Å²) in [7, 11) is 0. The summed E-state index contributed by atoms with van der Waals surface area (Å²) in [6.07, 6.45) is 4.63. The Morgan fingerprint density at radius 1 is 1.27 bits per heavy atom. The van der Waals surface area contributed by atoms with Gasteiger partial charge in [0.05, 0.1) is 6.26 Å². The predicted octanol–water partition coefficient (Wildman–Crippen LogP) is 3.71. The molecule has 0 fully saturated rings. The number of fused-ring (bicyclic) bond motifs is 1. The van der Waals surface area contributed by atoms with E-state index in [-0.39, 0.29) is 5.91 Å². The van der Waals surface area contributed by atoms with Crippen molar-refractivity contribution < 1.29 is 9.21 Å². The maximum Gasteiger partial charge on any atom is 0.248 e. The molecule has 7 nitrogen and oxygen atoms in total. The molecule has 0 radical (unpaired) electrons. The monoisotopic (exact) mass is 365 g/mol. The van der Waals surface area contributed by atoms with Crippen molar-refractivity contribution in [2.45, 2.75) is 13.8 Å². The largest absolute Gasteiger partial charge is 0.465 e. The van der Waals surface area contributed by atoms with Crippen molar-refractivity contribution in [2.24, 2.45) is 0 Å². The third kappa shape index (κ3) is 3.14. The van der Waals surface area contributed by atoms with Crippen LogP contribution in [0, 0.1) is 13.8 Å². The number of carbonyl (C=O) groups is 1. The Morgan fingerprint density at radius 3 is 2.88 bits per heavy atom. The molecule has 26 heavy (non-hydrogen) atoms. The predicted molar refractivity (Wildman–Crippen MR) is 99.9 cm³/mol. The van der Waals surface area contributed by atoms with Gasteiger partial charge >= 0.3 is 0 Å². The molecule has 4 aromatic rings. The van der Waals surface area contributed by atoms with Gasteiger partial charge in [0.25, 0.3) is 0 Å². The quantitative estimate of drug-likeness (QED) is 0.557. The highest BCUT2D eigenvalue weighted by atomic mass is 32.1. The van der Waals surface area contributed by atoms with Gasteiger partial charge in [0, 0.05) is 17.3 Å². The summed E-state index contributed by atoms with van der Waals surface area (Å²) in [6.45, 7) is 3.81. The fraction of sp³-hybridized carbons (Fsp3) is 0.111. The molecule has 1 aromatic carbocycles. The average Bonchev–Trinajstić information content (AvgIpc) is 3.34. The Hall–Kier alpha value is -3.26. The third-order valence-electron chi connectivity index (χ3n) is 3.82. The molecular formula is C18H15N5O2S. The molecule has 0 aliphatic heterocycles. The van der Waals surface area contributed by atoms with Crippen LogP contribution in [0.25, 0.3) is 21.6 Å². The van der Waals surface area contributed by atoms with E-state index in [0.29, 0.717) is 5.76 Å². The smallest absolute Gasteiger partial charge is 0.248 e. The van der Waals surface area contributed by atoms with Gasteiger partial charge in [-0.3, -0.25) is 4.79 Å². The van der Waals surface area contributed by atoms with Gasteiger partial charge < -0.3 is 9.73 Å². The molecule has 1 N–H and O–H groups in total. The highest BCUT2D eigenvalue weighted by Crippen LogP contribution is 2.28. The minimum atomic E-state index is -0.216. The lowest BCUT2D eigenvalue weighted by Crippen LogP contribution is -2.08. The molecule has 3 heterocycles. The van der Waals surface area contributed by atoms with Crippen molar-refractivity contribution in [1.82, 2.24) is 19.8 Å². The lowest BCUT2D eigenvalue weighted by molar-refractivity contribution is -0.111. The summed E-state index contributed by atoms with van der Waals surface area (Å²) in [5.41, 5.74) is 2.67. The summed E-state index contributed by atoms with van der Waals surface area (Å²) in [6, 6.07) is 9.35. The number of anilines is 1. The maximum absolute atomic E-state index is 12.1. The number of hydrogen-bond donors (Lipinski definition) is 1. The number of rotatable bonds is 4. The molecule has 1 amide bonds. The molecule has 4 rings (SSSR count). The standard InChI is InChI=1S/C18H15N5O2S/c1-11-10-13(17-22-23-12(2)20-21-18(23)26-17)5-7-15(11)19-16(24)8-6-14-4-3-9-25-14/h3-10H,1-2H3,(H,19,24). The van der Waals surface area contributed by atoms with Gasteiger partial charge in [-0.2, -0.15) is 9.61 Å². The van der Waals surface area contributed by atoms with Crippen LogP contribution in [0.15, 0.2) is 47.1 Å². The molecule has 0 aliphatic rings. The van der Waals surface area contributed by atoms with Crippen LogP contribution in [-0.2, 0) is 4.79 Å². The number of nitrogens with zero attached hydrogens (tertiary/aromatic N) is 4. The normalized spacial score (nSPS) is 11.5. The van der Waals surface area contributed by atoms with Crippen LogP contribution >= 0.6 is 11.3 Å². The van der Waals surface area contributed by atoms with Gasteiger partial charge in [0.1, 0.15) is 10.8 Å². The zero-order valence-electron chi connectivity index (χ0n) is 14.1. The first-order valence-electron chi connectivity index (χ1n) is 7.92. The highest BCUT2D eigenvalue weighted by Gasteiger charge is 2.12. The van der Waals surface area contributed by atoms with Gasteiger partial charge in [0.15, 0.2) is 5.82 Å². The molecule has 0 aliphatic carbocycles. The van der Waals surface area contributed by atoms with Crippen LogP contribution in [0.1, 0.15) is 17.1 Å². The maximum atomic E-state index is 12.1. The van der Waals surface area contributed by atoms with Crippen LogP contribution in [0.5, 0.6) is 0 Å².